The third-order valence-electron chi connectivity index (χ3n) is 5.98. The first-order valence-corrected chi connectivity index (χ1v) is 11.0. The van der Waals surface area contributed by atoms with Crippen LogP contribution in [-0.2, 0) is 16.1 Å². The van der Waals surface area contributed by atoms with Gasteiger partial charge in [0.15, 0.2) is 0 Å². The Hall–Kier alpha value is -4.00. The molecule has 1 aliphatic heterocycles. The highest BCUT2D eigenvalue weighted by atomic mass is 16.5. The Morgan fingerprint density at radius 2 is 1.85 bits per heavy atom. The van der Waals surface area contributed by atoms with E-state index in [9.17, 15) is 14.7 Å². The highest BCUT2D eigenvalue weighted by Crippen LogP contribution is 2.42. The number of carbonyl (C=O) groups excluding carboxylic acids is 2. The Balaban J connectivity index is 1.89. The van der Waals surface area contributed by atoms with Gasteiger partial charge in [-0.3, -0.25) is 9.59 Å². The zero-order valence-electron chi connectivity index (χ0n) is 19.6. The van der Waals surface area contributed by atoms with Crippen LogP contribution in [-0.4, -0.2) is 35.9 Å². The minimum atomic E-state index is -0.815. The summed E-state index contributed by atoms with van der Waals surface area (Å²) in [4.78, 5) is 27.8. The second-order valence-corrected chi connectivity index (χ2v) is 8.39. The second kappa shape index (κ2) is 9.47. The highest BCUT2D eigenvalue weighted by Gasteiger charge is 2.46. The van der Waals surface area contributed by atoms with E-state index in [4.69, 9.17) is 13.9 Å². The molecule has 1 amide bonds. The average molecular weight is 462 g/mol. The summed E-state index contributed by atoms with van der Waals surface area (Å²) in [6, 6.07) is 15.0. The van der Waals surface area contributed by atoms with E-state index in [2.05, 4.69) is 0 Å². The van der Waals surface area contributed by atoms with E-state index >= 15 is 0 Å². The molecule has 1 fully saturated rings. The Bertz CT molecular complexity index is 1240. The maximum Gasteiger partial charge on any atom is 0.296 e. The van der Waals surface area contributed by atoms with Gasteiger partial charge in [0.25, 0.3) is 11.7 Å². The fourth-order valence-electron chi connectivity index (χ4n) is 4.26. The van der Waals surface area contributed by atoms with E-state index < -0.39 is 17.7 Å². The van der Waals surface area contributed by atoms with E-state index in [0.717, 1.165) is 5.56 Å². The molecule has 0 saturated carbocycles. The molecule has 0 spiro atoms. The van der Waals surface area contributed by atoms with Crippen molar-refractivity contribution in [2.24, 2.45) is 0 Å². The third kappa shape index (κ3) is 4.17. The molecule has 1 atom stereocenters. The number of carbonyl (C=O) groups is 2. The van der Waals surface area contributed by atoms with Crippen LogP contribution in [0.2, 0.25) is 0 Å². The van der Waals surface area contributed by atoms with Gasteiger partial charge in [-0.1, -0.05) is 26.0 Å². The number of amides is 1. The van der Waals surface area contributed by atoms with Crippen molar-refractivity contribution < 1.29 is 28.6 Å². The lowest BCUT2D eigenvalue weighted by atomic mass is 9.93. The maximum atomic E-state index is 13.2. The van der Waals surface area contributed by atoms with E-state index in [1.807, 2.05) is 13.8 Å². The second-order valence-electron chi connectivity index (χ2n) is 8.39. The molecule has 2 aromatic carbocycles. The van der Waals surface area contributed by atoms with Crippen LogP contribution in [0.15, 0.2) is 70.9 Å². The number of methoxy groups -OCH3 is 2. The van der Waals surface area contributed by atoms with Crippen LogP contribution in [0.4, 0.5) is 0 Å². The van der Waals surface area contributed by atoms with Crippen LogP contribution >= 0.6 is 0 Å². The van der Waals surface area contributed by atoms with Gasteiger partial charge in [-0.05, 0) is 59.5 Å². The van der Waals surface area contributed by atoms with Crippen molar-refractivity contribution in [3.8, 4) is 11.5 Å². The highest BCUT2D eigenvalue weighted by molar-refractivity contribution is 6.46. The predicted octanol–water partition coefficient (Wildman–Crippen LogP) is 5.04. The molecule has 7 nitrogen and oxygen atoms in total. The quantitative estimate of drug-likeness (QED) is 0.301. The summed E-state index contributed by atoms with van der Waals surface area (Å²) in [5.41, 5.74) is 1.98. The number of hydrogen-bond acceptors (Lipinski definition) is 6. The van der Waals surface area contributed by atoms with Crippen LogP contribution in [0.1, 0.15) is 48.3 Å². The van der Waals surface area contributed by atoms with Gasteiger partial charge in [-0.25, -0.2) is 0 Å². The number of ether oxygens (including phenoxy) is 2. The van der Waals surface area contributed by atoms with E-state index in [-0.39, 0.29) is 23.8 Å². The van der Waals surface area contributed by atoms with Gasteiger partial charge in [0.1, 0.15) is 23.0 Å². The van der Waals surface area contributed by atoms with Crippen LogP contribution < -0.4 is 9.47 Å². The number of Topliss-reactive ketones (excluding diaryl/α,β-unsaturated/α-hetero) is 1. The SMILES string of the molecule is COc1cccc(C2/C(=C(/O)c3ccc(OC)c(C(C)C)c3)C(=O)C(=O)N2Cc2ccco2)c1. The molecule has 4 rings (SSSR count). The topological polar surface area (TPSA) is 89.2 Å². The number of benzene rings is 2. The van der Waals surface area contributed by atoms with Gasteiger partial charge in [0.05, 0.1) is 38.6 Å². The summed E-state index contributed by atoms with van der Waals surface area (Å²) < 4.78 is 16.2. The Morgan fingerprint density at radius 1 is 1.06 bits per heavy atom. The third-order valence-corrected chi connectivity index (χ3v) is 5.98. The van der Waals surface area contributed by atoms with Gasteiger partial charge in [-0.15, -0.1) is 0 Å². The normalized spacial score (nSPS) is 17.4. The summed E-state index contributed by atoms with van der Waals surface area (Å²) in [5.74, 6) is 0.223. The van der Waals surface area contributed by atoms with Crippen molar-refractivity contribution in [1.29, 1.82) is 0 Å². The first kappa shape index (κ1) is 23.2. The minimum absolute atomic E-state index is 0.0182. The van der Waals surface area contributed by atoms with Gasteiger partial charge >= 0.3 is 0 Å². The summed E-state index contributed by atoms with van der Waals surface area (Å²) in [7, 11) is 3.13. The van der Waals surface area contributed by atoms with Crippen molar-refractivity contribution >= 4 is 17.4 Å². The van der Waals surface area contributed by atoms with Crippen LogP contribution in [0.25, 0.3) is 5.76 Å². The first-order chi connectivity index (χ1) is 16.3. The lowest BCUT2D eigenvalue weighted by Crippen LogP contribution is -2.29. The maximum absolute atomic E-state index is 13.2. The minimum Gasteiger partial charge on any atom is -0.507 e. The molecule has 0 bridgehead atoms. The molecular weight excluding hydrogens is 434 g/mol. The van der Waals surface area contributed by atoms with Gasteiger partial charge < -0.3 is 23.9 Å². The van der Waals surface area contributed by atoms with Crippen molar-refractivity contribution in [1.82, 2.24) is 4.90 Å². The van der Waals surface area contributed by atoms with E-state index in [1.54, 1.807) is 68.8 Å². The summed E-state index contributed by atoms with van der Waals surface area (Å²) in [5, 5.41) is 11.4. The molecule has 0 radical (unpaired) electrons. The Labute approximate surface area is 198 Å². The molecule has 1 N–H and O–H groups in total. The molecule has 0 aliphatic carbocycles. The largest absolute Gasteiger partial charge is 0.507 e. The monoisotopic (exact) mass is 461 g/mol. The molecule has 2 heterocycles. The molecule has 1 unspecified atom stereocenters. The van der Waals surface area contributed by atoms with Crippen LogP contribution in [0.3, 0.4) is 0 Å². The number of likely N-dealkylation sites (tertiary alicyclic amines) is 1. The van der Waals surface area contributed by atoms with Crippen molar-refractivity contribution in [3.05, 3.63) is 88.9 Å². The van der Waals surface area contributed by atoms with Crippen molar-refractivity contribution in [3.63, 3.8) is 0 Å². The number of rotatable bonds is 7. The zero-order chi connectivity index (χ0) is 24.4. The number of nitrogens with zero attached hydrogens (tertiary/aromatic N) is 1. The van der Waals surface area contributed by atoms with Gasteiger partial charge in [-0.2, -0.15) is 0 Å². The number of aliphatic hydroxyl groups excluding tert-OH is 1. The summed E-state index contributed by atoms with van der Waals surface area (Å²) in [6.07, 6.45) is 1.51. The number of hydrogen-bond donors (Lipinski definition) is 1. The lowest BCUT2D eigenvalue weighted by Gasteiger charge is -2.25. The molecule has 1 aromatic heterocycles. The zero-order valence-corrected chi connectivity index (χ0v) is 19.6. The Morgan fingerprint density at radius 3 is 2.50 bits per heavy atom. The number of aliphatic hydroxyl groups is 1. The molecule has 7 heteroatoms. The van der Waals surface area contributed by atoms with Crippen molar-refractivity contribution in [2.45, 2.75) is 32.4 Å². The van der Waals surface area contributed by atoms with Gasteiger partial charge in [0.2, 0.25) is 0 Å². The summed E-state index contributed by atoms with van der Waals surface area (Å²) >= 11 is 0. The van der Waals surface area contributed by atoms with Crippen LogP contribution in [0.5, 0.6) is 11.5 Å². The van der Waals surface area contributed by atoms with Crippen molar-refractivity contribution in [2.75, 3.05) is 14.2 Å². The standard InChI is InChI=1S/C27H27NO6/c1-16(2)21-14-18(10-11-22(21)33-4)25(29)23-24(17-7-5-8-19(13-17)32-3)28(27(31)26(23)30)15-20-9-6-12-34-20/h5-14,16,24,29H,15H2,1-4H3/b25-23-. The van der Waals surface area contributed by atoms with Crippen LogP contribution in [0, 0.1) is 0 Å². The molecule has 1 saturated heterocycles. The number of furan rings is 1. The summed E-state index contributed by atoms with van der Waals surface area (Å²) in [6.45, 7) is 4.11. The average Bonchev–Trinajstić information content (AvgIpc) is 3.45. The predicted molar refractivity (Wildman–Crippen MR) is 127 cm³/mol. The smallest absolute Gasteiger partial charge is 0.296 e. The number of ketones is 1. The van der Waals surface area contributed by atoms with E-state index in [0.29, 0.717) is 28.4 Å². The fraction of sp³-hybridized carbons (Fsp3) is 0.259. The van der Waals surface area contributed by atoms with Gasteiger partial charge in [0, 0.05) is 5.56 Å². The first-order valence-electron chi connectivity index (χ1n) is 11.0. The lowest BCUT2D eigenvalue weighted by molar-refractivity contribution is -0.140. The molecule has 176 valence electrons. The molecular formula is C27H27NO6. The molecule has 1 aliphatic rings. The molecule has 3 aromatic rings. The van der Waals surface area contributed by atoms with E-state index in [1.165, 1.54) is 11.2 Å². The Kier molecular flexibility index (Phi) is 6.45. The fourth-order valence-corrected chi connectivity index (χ4v) is 4.26. The molecule has 34 heavy (non-hydrogen) atoms.